The van der Waals surface area contributed by atoms with Gasteiger partial charge in [-0.3, -0.25) is 4.79 Å². The highest BCUT2D eigenvalue weighted by molar-refractivity contribution is 5.94. The zero-order valence-electron chi connectivity index (χ0n) is 27.3. The molecule has 3 rings (SSSR count). The molecule has 1 aromatic heterocycles. The van der Waals surface area contributed by atoms with Crippen LogP contribution in [0.1, 0.15) is 90.3 Å². The van der Waals surface area contributed by atoms with Gasteiger partial charge in [0, 0.05) is 45.9 Å². The predicted molar refractivity (Wildman–Crippen MR) is 173 cm³/mol. The lowest BCUT2D eigenvalue weighted by Crippen LogP contribution is -2.38. The number of aromatic amines is 1. The van der Waals surface area contributed by atoms with Crippen LogP contribution in [0.5, 0.6) is 5.75 Å². The summed E-state index contributed by atoms with van der Waals surface area (Å²) in [5, 5.41) is 0. The van der Waals surface area contributed by atoms with Gasteiger partial charge < -0.3 is 24.3 Å². The van der Waals surface area contributed by atoms with Crippen molar-refractivity contribution in [1.82, 2.24) is 14.9 Å². The molecule has 3 aromatic rings. The Morgan fingerprint density at radius 3 is 2.38 bits per heavy atom. The molecular weight excluding hydrogens is 528 g/mol. The third-order valence-corrected chi connectivity index (χ3v) is 6.46. The third kappa shape index (κ3) is 12.5. The van der Waals surface area contributed by atoms with E-state index in [1.165, 1.54) is 12.5 Å². The first-order chi connectivity index (χ1) is 19.8. The fraction of sp³-hybridized carbons (Fsp3) is 0.559. The summed E-state index contributed by atoms with van der Waals surface area (Å²) in [6.45, 7) is 15.9. The van der Waals surface area contributed by atoms with Crippen LogP contribution < -0.4 is 9.64 Å². The molecule has 232 valence electrons. The van der Waals surface area contributed by atoms with Crippen LogP contribution in [0.3, 0.4) is 0 Å². The van der Waals surface area contributed by atoms with Crippen LogP contribution in [-0.2, 0) is 11.2 Å². The second-order valence-electron chi connectivity index (χ2n) is 12.3. The molecule has 42 heavy (non-hydrogen) atoms. The van der Waals surface area contributed by atoms with Gasteiger partial charge in [-0.15, -0.1) is 0 Å². The number of ether oxygens (including phenoxy) is 2. The minimum absolute atomic E-state index is 0.0433. The van der Waals surface area contributed by atoms with Crippen LogP contribution in [0.25, 0.3) is 11.0 Å². The Labute approximate surface area is 252 Å². The molecule has 0 saturated carbocycles. The van der Waals surface area contributed by atoms with Gasteiger partial charge in [0.1, 0.15) is 11.4 Å². The fourth-order valence-corrected chi connectivity index (χ4v) is 4.16. The number of anilines is 1. The zero-order chi connectivity index (χ0) is 31.3. The Morgan fingerprint density at radius 2 is 1.76 bits per heavy atom. The predicted octanol–water partition coefficient (Wildman–Crippen LogP) is 7.91. The van der Waals surface area contributed by atoms with E-state index in [0.717, 1.165) is 67.7 Å². The van der Waals surface area contributed by atoms with E-state index in [2.05, 4.69) is 59.9 Å². The highest BCUT2D eigenvalue weighted by Gasteiger charge is 2.21. The topological polar surface area (TPSA) is 87.8 Å². The number of ketones is 1. The van der Waals surface area contributed by atoms with E-state index in [1.54, 1.807) is 0 Å². The van der Waals surface area contributed by atoms with E-state index in [-0.39, 0.29) is 11.9 Å². The van der Waals surface area contributed by atoms with Gasteiger partial charge in [0.05, 0.1) is 17.6 Å². The molecule has 0 fully saturated rings. The maximum atomic E-state index is 11.9. The van der Waals surface area contributed by atoms with Crippen molar-refractivity contribution < 1.29 is 19.1 Å². The van der Waals surface area contributed by atoms with E-state index < -0.39 is 5.60 Å². The Morgan fingerprint density at radius 1 is 1.02 bits per heavy atom. The molecule has 0 bridgehead atoms. The summed E-state index contributed by atoms with van der Waals surface area (Å²) in [5.41, 5.74) is 3.74. The number of fused-ring (bicyclic) bond motifs is 1. The number of nitrogens with zero attached hydrogens (tertiary/aromatic N) is 3. The number of unbranched alkanes of at least 4 members (excludes halogenated alkanes) is 1. The molecule has 1 heterocycles. The number of hydrogen-bond donors (Lipinski definition) is 1. The summed E-state index contributed by atoms with van der Waals surface area (Å²) in [4.78, 5) is 34.5. The van der Waals surface area contributed by atoms with Gasteiger partial charge in [-0.1, -0.05) is 32.9 Å². The van der Waals surface area contributed by atoms with Gasteiger partial charge in [0.25, 0.3) is 0 Å². The average Bonchev–Trinajstić information content (AvgIpc) is 3.34. The summed E-state index contributed by atoms with van der Waals surface area (Å²) < 4.78 is 11.2. The standard InChI is InChI=1S/C21H25N3O2.C13H27NO2/c1-15(25)21-22-19-11-10-16(13-20(19)23-21)7-4-5-12-26-18-9-6-8-17(14-18)24(2)3;1-7-9-14(10-8-11(2)3)12(15)16-13(4,5)6/h6,8-11,13-14H,4-5,7,12H2,1-3H3,(H,22,23);11H,7-10H2,1-6H3. The van der Waals surface area contributed by atoms with Crippen LogP contribution >= 0.6 is 0 Å². The number of Topliss-reactive ketones (excluding diaryl/α,β-unsaturated/α-hetero) is 1. The van der Waals surface area contributed by atoms with Gasteiger partial charge >= 0.3 is 6.09 Å². The van der Waals surface area contributed by atoms with Crippen molar-refractivity contribution in [2.75, 3.05) is 38.7 Å². The maximum absolute atomic E-state index is 11.9. The number of nitrogens with one attached hydrogen (secondary N) is 1. The van der Waals surface area contributed by atoms with Crippen LogP contribution in [0.4, 0.5) is 10.5 Å². The van der Waals surface area contributed by atoms with E-state index in [9.17, 15) is 9.59 Å². The van der Waals surface area contributed by atoms with Crippen LogP contribution in [0, 0.1) is 5.92 Å². The molecule has 0 spiro atoms. The van der Waals surface area contributed by atoms with Gasteiger partial charge in [0.2, 0.25) is 0 Å². The maximum Gasteiger partial charge on any atom is 0.410 e. The van der Waals surface area contributed by atoms with Gasteiger partial charge in [-0.25, -0.2) is 9.78 Å². The molecular formula is C34H52N4O4. The molecule has 1 amide bonds. The molecule has 0 radical (unpaired) electrons. The highest BCUT2D eigenvalue weighted by Crippen LogP contribution is 2.20. The molecule has 0 aliphatic carbocycles. The summed E-state index contributed by atoms with van der Waals surface area (Å²) in [6, 6.07) is 14.3. The monoisotopic (exact) mass is 580 g/mol. The molecule has 0 aliphatic heterocycles. The minimum Gasteiger partial charge on any atom is -0.494 e. The zero-order valence-corrected chi connectivity index (χ0v) is 27.3. The Kier molecular flexibility index (Phi) is 13.8. The first kappa shape index (κ1) is 34.7. The molecule has 2 aromatic carbocycles. The summed E-state index contributed by atoms with van der Waals surface area (Å²) in [7, 11) is 4.05. The lowest BCUT2D eigenvalue weighted by molar-refractivity contribution is 0.0242. The van der Waals surface area contributed by atoms with Crippen LogP contribution in [0.2, 0.25) is 0 Å². The molecule has 0 saturated heterocycles. The Bertz CT molecular complexity index is 1260. The van der Waals surface area contributed by atoms with Crippen molar-refractivity contribution in [2.45, 2.75) is 86.2 Å². The number of H-pyrrole nitrogens is 1. The number of benzene rings is 2. The second kappa shape index (κ2) is 16.8. The van der Waals surface area contributed by atoms with Crippen molar-refractivity contribution in [1.29, 1.82) is 0 Å². The van der Waals surface area contributed by atoms with E-state index in [1.807, 2.05) is 58.0 Å². The first-order valence-electron chi connectivity index (χ1n) is 15.2. The molecule has 0 aliphatic rings. The van der Waals surface area contributed by atoms with Crippen LogP contribution in [-0.4, -0.2) is 66.1 Å². The molecule has 0 unspecified atom stereocenters. The summed E-state index contributed by atoms with van der Waals surface area (Å²) in [5.74, 6) is 1.90. The second-order valence-corrected chi connectivity index (χ2v) is 12.3. The number of carbonyl (C=O) groups excluding carboxylic acids is 2. The quantitative estimate of drug-likeness (QED) is 0.163. The van der Waals surface area contributed by atoms with Crippen molar-refractivity contribution in [3.8, 4) is 5.75 Å². The number of carbonyl (C=O) groups is 2. The molecule has 8 nitrogen and oxygen atoms in total. The summed E-state index contributed by atoms with van der Waals surface area (Å²) >= 11 is 0. The normalized spacial score (nSPS) is 11.2. The lowest BCUT2D eigenvalue weighted by Gasteiger charge is -2.27. The Hall–Kier alpha value is -3.55. The number of amides is 1. The van der Waals surface area contributed by atoms with Crippen LogP contribution in [0.15, 0.2) is 42.5 Å². The van der Waals surface area contributed by atoms with Gasteiger partial charge in [0.15, 0.2) is 11.6 Å². The fourth-order valence-electron chi connectivity index (χ4n) is 4.16. The summed E-state index contributed by atoms with van der Waals surface area (Å²) in [6.07, 6.45) is 4.83. The largest absolute Gasteiger partial charge is 0.494 e. The molecule has 8 heteroatoms. The number of aromatic nitrogens is 2. The number of imidazole rings is 1. The molecule has 1 N–H and O–H groups in total. The third-order valence-electron chi connectivity index (χ3n) is 6.46. The van der Waals surface area contributed by atoms with E-state index >= 15 is 0 Å². The number of aryl methyl sites for hydroxylation is 1. The van der Waals surface area contributed by atoms with Crippen molar-refractivity contribution >= 4 is 28.6 Å². The molecule has 0 atom stereocenters. The van der Waals surface area contributed by atoms with Gasteiger partial charge in [-0.05, 0) is 88.6 Å². The van der Waals surface area contributed by atoms with Gasteiger partial charge in [-0.2, -0.15) is 0 Å². The smallest absolute Gasteiger partial charge is 0.410 e. The van der Waals surface area contributed by atoms with Crippen molar-refractivity contribution in [2.24, 2.45) is 5.92 Å². The first-order valence-corrected chi connectivity index (χ1v) is 15.2. The Balaban J connectivity index is 0.000000334. The number of hydrogen-bond acceptors (Lipinski definition) is 6. The highest BCUT2D eigenvalue weighted by atomic mass is 16.6. The van der Waals surface area contributed by atoms with E-state index in [0.29, 0.717) is 18.3 Å². The van der Waals surface area contributed by atoms with E-state index in [4.69, 9.17) is 9.47 Å². The van der Waals surface area contributed by atoms with Crippen molar-refractivity contribution in [3.63, 3.8) is 0 Å². The number of rotatable bonds is 13. The SMILES string of the molecule is CC(=O)c1nc2ccc(CCCCOc3cccc(N(C)C)c3)cc2[nH]1.CCCN(CCC(C)C)C(=O)OC(C)(C)C. The van der Waals surface area contributed by atoms with Crippen molar-refractivity contribution in [3.05, 3.63) is 53.9 Å². The lowest BCUT2D eigenvalue weighted by atomic mass is 10.1. The average molecular weight is 581 g/mol. The minimum atomic E-state index is -0.402.